The lowest BCUT2D eigenvalue weighted by Gasteiger charge is -2.23. The molecule has 0 radical (unpaired) electrons. The van der Waals surface area contributed by atoms with Crippen molar-refractivity contribution < 1.29 is 18.9 Å². The van der Waals surface area contributed by atoms with Crippen molar-refractivity contribution in [1.29, 1.82) is 0 Å². The van der Waals surface area contributed by atoms with Crippen molar-refractivity contribution in [2.45, 2.75) is 64.0 Å². The predicted octanol–water partition coefficient (Wildman–Crippen LogP) is 3.37. The fourth-order valence-corrected chi connectivity index (χ4v) is 5.24. The summed E-state index contributed by atoms with van der Waals surface area (Å²) in [6.45, 7) is 8.35. The molecular weight excluding hydrogens is 308 g/mol. The second kappa shape index (κ2) is 6.06. The largest absolute Gasteiger partial charge is 0.348 e. The molecule has 0 N–H and O–H groups in total. The summed E-state index contributed by atoms with van der Waals surface area (Å²) in [5.41, 5.74) is 0. The lowest BCUT2D eigenvalue weighted by atomic mass is 10.1. The van der Waals surface area contributed by atoms with Crippen LogP contribution in [0.4, 0.5) is 0 Å². The predicted molar refractivity (Wildman–Crippen MR) is 86.3 cm³/mol. The Morgan fingerprint density at radius 2 is 1.71 bits per heavy atom. The van der Waals surface area contributed by atoms with Crippen LogP contribution in [0.15, 0.2) is 10.3 Å². The Labute approximate surface area is 135 Å². The maximum absolute atomic E-state index is 6.09. The molecule has 21 heavy (non-hydrogen) atoms. The summed E-state index contributed by atoms with van der Waals surface area (Å²) in [6.07, 6.45) is 3.22. The summed E-state index contributed by atoms with van der Waals surface area (Å²) in [6, 6.07) is 0. The van der Waals surface area contributed by atoms with E-state index in [0.717, 1.165) is 0 Å². The van der Waals surface area contributed by atoms with E-state index < -0.39 is 11.6 Å². The maximum atomic E-state index is 6.09. The van der Waals surface area contributed by atoms with E-state index in [0.29, 0.717) is 6.61 Å². The Morgan fingerprint density at radius 3 is 2.33 bits per heavy atom. The molecule has 0 unspecified atom stereocenters. The lowest BCUT2D eigenvalue weighted by Crippen LogP contribution is -2.37. The molecule has 3 heterocycles. The SMILES string of the molecule is CC1(C)O[C@H]([C@H]2COC(C)(C)O2)[C@@H](C=C2SCCCS2)O1. The van der Waals surface area contributed by atoms with Gasteiger partial charge in [-0.3, -0.25) is 0 Å². The van der Waals surface area contributed by atoms with Crippen LogP contribution >= 0.6 is 23.5 Å². The van der Waals surface area contributed by atoms with E-state index >= 15 is 0 Å². The van der Waals surface area contributed by atoms with Crippen LogP contribution in [0.2, 0.25) is 0 Å². The molecule has 6 heteroatoms. The van der Waals surface area contributed by atoms with Crippen molar-refractivity contribution in [1.82, 2.24) is 0 Å². The first-order valence-corrected chi connectivity index (χ1v) is 9.47. The summed E-state index contributed by atoms with van der Waals surface area (Å²) < 4.78 is 25.2. The number of thioether (sulfide) groups is 2. The molecular formula is C15H24O4S2. The monoisotopic (exact) mass is 332 g/mol. The van der Waals surface area contributed by atoms with E-state index in [1.807, 2.05) is 51.2 Å². The molecule has 3 rings (SSSR count). The maximum Gasteiger partial charge on any atom is 0.164 e. The number of hydrogen-bond donors (Lipinski definition) is 0. The van der Waals surface area contributed by atoms with Crippen molar-refractivity contribution in [3.8, 4) is 0 Å². The summed E-state index contributed by atoms with van der Waals surface area (Å²) in [7, 11) is 0. The van der Waals surface area contributed by atoms with Gasteiger partial charge in [-0.1, -0.05) is 0 Å². The van der Waals surface area contributed by atoms with Crippen LogP contribution in [0.5, 0.6) is 0 Å². The van der Waals surface area contributed by atoms with Gasteiger partial charge in [0.1, 0.15) is 18.3 Å². The van der Waals surface area contributed by atoms with E-state index in [2.05, 4.69) is 6.08 Å². The number of rotatable bonds is 2. The average Bonchev–Trinajstić information content (AvgIpc) is 2.90. The molecule has 3 fully saturated rings. The molecule has 0 aliphatic carbocycles. The van der Waals surface area contributed by atoms with Crippen molar-refractivity contribution in [3.05, 3.63) is 10.3 Å². The minimum atomic E-state index is -0.577. The van der Waals surface area contributed by atoms with Gasteiger partial charge in [-0.05, 0) is 51.7 Å². The van der Waals surface area contributed by atoms with Gasteiger partial charge >= 0.3 is 0 Å². The Kier molecular flexibility index (Phi) is 4.66. The zero-order valence-corrected chi connectivity index (χ0v) is 14.7. The van der Waals surface area contributed by atoms with E-state index in [-0.39, 0.29) is 18.3 Å². The zero-order chi connectivity index (χ0) is 15.1. The second-order valence-electron chi connectivity index (χ2n) is 6.47. The first kappa shape index (κ1) is 16.1. The molecule has 0 aromatic carbocycles. The minimum absolute atomic E-state index is 0.0735. The minimum Gasteiger partial charge on any atom is -0.348 e. The highest BCUT2D eigenvalue weighted by Crippen LogP contribution is 2.40. The Bertz CT molecular complexity index is 414. The second-order valence-corrected chi connectivity index (χ2v) is 9.00. The van der Waals surface area contributed by atoms with E-state index in [4.69, 9.17) is 18.9 Å². The summed E-state index contributed by atoms with van der Waals surface area (Å²) in [5.74, 6) is 1.27. The van der Waals surface area contributed by atoms with Gasteiger partial charge in [-0.25, -0.2) is 0 Å². The Morgan fingerprint density at radius 1 is 1.00 bits per heavy atom. The van der Waals surface area contributed by atoms with Gasteiger partial charge in [0.25, 0.3) is 0 Å². The summed E-state index contributed by atoms with van der Waals surface area (Å²) in [5, 5.41) is 0. The van der Waals surface area contributed by atoms with Gasteiger partial charge in [-0.2, -0.15) is 0 Å². The first-order valence-electron chi connectivity index (χ1n) is 7.49. The Balaban J connectivity index is 1.73. The number of hydrogen-bond acceptors (Lipinski definition) is 6. The average molecular weight is 332 g/mol. The molecule has 3 atom stereocenters. The third-order valence-corrected chi connectivity index (χ3v) is 6.17. The molecule has 0 aromatic rings. The molecule has 3 aliphatic rings. The third kappa shape index (κ3) is 3.98. The van der Waals surface area contributed by atoms with E-state index in [9.17, 15) is 0 Å². The smallest absolute Gasteiger partial charge is 0.164 e. The molecule has 3 aliphatic heterocycles. The topological polar surface area (TPSA) is 36.9 Å². The summed E-state index contributed by atoms with van der Waals surface area (Å²) >= 11 is 3.82. The van der Waals surface area contributed by atoms with Crippen LogP contribution in [0.3, 0.4) is 0 Å². The fraction of sp³-hybridized carbons (Fsp3) is 0.867. The normalized spacial score (nSPS) is 38.7. The fourth-order valence-electron chi connectivity index (χ4n) is 2.79. The van der Waals surface area contributed by atoms with Gasteiger partial charge in [0.05, 0.1) is 6.61 Å². The van der Waals surface area contributed by atoms with Gasteiger partial charge in [-0.15, -0.1) is 23.5 Å². The van der Waals surface area contributed by atoms with Crippen LogP contribution in [-0.4, -0.2) is 48.0 Å². The Hall–Kier alpha value is 0.280. The van der Waals surface area contributed by atoms with Crippen LogP contribution in [-0.2, 0) is 18.9 Å². The van der Waals surface area contributed by atoms with E-state index in [1.54, 1.807) is 0 Å². The van der Waals surface area contributed by atoms with Crippen molar-refractivity contribution in [3.63, 3.8) is 0 Å². The molecule has 0 amide bonds. The van der Waals surface area contributed by atoms with Gasteiger partial charge in [0.15, 0.2) is 11.6 Å². The summed E-state index contributed by atoms with van der Waals surface area (Å²) in [4.78, 5) is 0. The highest BCUT2D eigenvalue weighted by atomic mass is 32.2. The third-order valence-electron chi connectivity index (χ3n) is 3.64. The first-order chi connectivity index (χ1) is 9.85. The van der Waals surface area contributed by atoms with E-state index in [1.165, 1.54) is 22.2 Å². The standard InChI is InChI=1S/C15H24O4S2/c1-14(2)16-9-11(18-14)13-10(17-15(3,4)19-13)8-12-20-6-5-7-21-12/h8,10-11,13H,5-7,9H2,1-4H3/t10-,11-,13+/m1/s1. The number of ether oxygens (including phenoxy) is 4. The molecule has 0 bridgehead atoms. The molecule has 120 valence electrons. The van der Waals surface area contributed by atoms with Gasteiger partial charge in [0, 0.05) is 4.24 Å². The van der Waals surface area contributed by atoms with Crippen LogP contribution in [0.1, 0.15) is 34.1 Å². The highest BCUT2D eigenvalue weighted by molar-refractivity contribution is 8.22. The molecule has 0 aromatic heterocycles. The lowest BCUT2D eigenvalue weighted by molar-refractivity contribution is -0.174. The quantitative estimate of drug-likeness (QED) is 0.772. The van der Waals surface area contributed by atoms with Gasteiger partial charge in [0.2, 0.25) is 0 Å². The highest BCUT2D eigenvalue weighted by Gasteiger charge is 2.49. The molecule has 0 saturated carbocycles. The van der Waals surface area contributed by atoms with Crippen LogP contribution < -0.4 is 0 Å². The van der Waals surface area contributed by atoms with Crippen LogP contribution in [0, 0.1) is 0 Å². The van der Waals surface area contributed by atoms with Gasteiger partial charge < -0.3 is 18.9 Å². The van der Waals surface area contributed by atoms with Crippen LogP contribution in [0.25, 0.3) is 0 Å². The molecule has 4 nitrogen and oxygen atoms in total. The zero-order valence-electron chi connectivity index (χ0n) is 13.1. The molecule has 0 spiro atoms. The van der Waals surface area contributed by atoms with Crippen molar-refractivity contribution >= 4 is 23.5 Å². The molecule has 3 saturated heterocycles. The van der Waals surface area contributed by atoms with Crippen molar-refractivity contribution in [2.24, 2.45) is 0 Å². The van der Waals surface area contributed by atoms with Crippen molar-refractivity contribution in [2.75, 3.05) is 18.1 Å².